The van der Waals surface area contributed by atoms with Gasteiger partial charge in [-0.15, -0.1) is 11.3 Å². The van der Waals surface area contributed by atoms with E-state index in [1.54, 1.807) is 5.38 Å². The van der Waals surface area contributed by atoms with Crippen molar-refractivity contribution in [3.8, 4) is 0 Å². The maximum atomic E-state index is 13.1. The molecule has 0 saturated carbocycles. The predicted molar refractivity (Wildman–Crippen MR) is 62.6 cm³/mol. The number of fused-ring (bicyclic) bond motifs is 1. The van der Waals surface area contributed by atoms with E-state index in [9.17, 15) is 22.8 Å². The molecule has 1 N–H and O–H groups in total. The summed E-state index contributed by atoms with van der Waals surface area (Å²) in [5, 5.41) is 4.39. The van der Waals surface area contributed by atoms with Gasteiger partial charge in [0.2, 0.25) is 11.8 Å². The van der Waals surface area contributed by atoms with Crippen LogP contribution in [0.15, 0.2) is 11.6 Å². The number of aromatic nitrogens is 1. The summed E-state index contributed by atoms with van der Waals surface area (Å²) < 4.78 is 39.2. The normalized spacial score (nSPS) is 33.9. The molecule has 0 spiro atoms. The molecule has 1 aromatic rings. The van der Waals surface area contributed by atoms with Gasteiger partial charge in [-0.1, -0.05) is 0 Å². The third-order valence-corrected chi connectivity index (χ3v) is 4.62. The molecule has 3 heterocycles. The molecule has 20 heavy (non-hydrogen) atoms. The topological polar surface area (TPSA) is 62.3 Å². The minimum absolute atomic E-state index is 0.392. The van der Waals surface area contributed by atoms with E-state index in [1.807, 2.05) is 0 Å². The number of carbonyl (C=O) groups excluding carboxylic acids is 2. The second kappa shape index (κ2) is 4.26. The van der Waals surface area contributed by atoms with E-state index in [2.05, 4.69) is 10.3 Å². The van der Waals surface area contributed by atoms with Gasteiger partial charge in [-0.25, -0.2) is 4.98 Å². The Balaban J connectivity index is 2.04. The zero-order valence-corrected chi connectivity index (χ0v) is 11.0. The van der Waals surface area contributed by atoms with Crippen LogP contribution in [0.25, 0.3) is 0 Å². The first-order chi connectivity index (χ1) is 9.32. The zero-order chi connectivity index (χ0) is 14.7. The third-order valence-electron chi connectivity index (χ3n) is 3.77. The summed E-state index contributed by atoms with van der Waals surface area (Å²) in [4.78, 5) is 28.7. The molecule has 0 unspecified atom stereocenters. The molecular weight excluding hydrogens is 295 g/mol. The van der Waals surface area contributed by atoms with Crippen molar-refractivity contribution in [2.24, 2.45) is 11.8 Å². The van der Waals surface area contributed by atoms with Gasteiger partial charge in [-0.05, 0) is 0 Å². The highest BCUT2D eigenvalue weighted by Gasteiger charge is 2.65. The fourth-order valence-corrected chi connectivity index (χ4v) is 3.62. The Labute approximate surface area is 115 Å². The van der Waals surface area contributed by atoms with Gasteiger partial charge in [-0.2, -0.15) is 13.2 Å². The van der Waals surface area contributed by atoms with Crippen LogP contribution in [0.4, 0.5) is 13.2 Å². The highest BCUT2D eigenvalue weighted by Crippen LogP contribution is 2.47. The van der Waals surface area contributed by atoms with Crippen LogP contribution in [0.5, 0.6) is 0 Å². The van der Waals surface area contributed by atoms with E-state index < -0.39 is 41.9 Å². The number of alkyl halides is 3. The highest BCUT2D eigenvalue weighted by atomic mass is 32.1. The Hall–Kier alpha value is -1.48. The summed E-state index contributed by atoms with van der Waals surface area (Å²) in [6.07, 6.45) is -3.13. The molecule has 2 aliphatic heterocycles. The molecule has 0 radical (unpaired) electrons. The number of nitrogens with zero attached hydrogens (tertiary/aromatic N) is 2. The summed E-state index contributed by atoms with van der Waals surface area (Å²) >= 11 is 1.16. The second-order valence-electron chi connectivity index (χ2n) is 4.82. The zero-order valence-electron chi connectivity index (χ0n) is 10.2. The van der Waals surface area contributed by atoms with Gasteiger partial charge in [0.05, 0.1) is 17.9 Å². The van der Waals surface area contributed by atoms with Crippen LogP contribution in [-0.2, 0) is 9.59 Å². The molecule has 1 aromatic heterocycles. The number of likely N-dealkylation sites (tertiary alicyclic amines) is 1. The third kappa shape index (κ3) is 1.76. The van der Waals surface area contributed by atoms with Crippen molar-refractivity contribution in [3.63, 3.8) is 0 Å². The largest absolute Gasteiger partial charge is 0.404 e. The number of halogens is 3. The Morgan fingerprint density at radius 1 is 1.30 bits per heavy atom. The van der Waals surface area contributed by atoms with E-state index in [0.717, 1.165) is 16.2 Å². The lowest BCUT2D eigenvalue weighted by Gasteiger charge is -2.21. The summed E-state index contributed by atoms with van der Waals surface area (Å²) in [5.74, 6) is -3.81. The van der Waals surface area contributed by atoms with Crippen LogP contribution in [0.2, 0.25) is 0 Å². The highest BCUT2D eigenvalue weighted by molar-refractivity contribution is 7.09. The Kier molecular flexibility index (Phi) is 2.87. The van der Waals surface area contributed by atoms with Gasteiger partial charge in [0.1, 0.15) is 11.0 Å². The molecule has 0 aliphatic carbocycles. The summed E-state index contributed by atoms with van der Waals surface area (Å²) in [7, 11) is 1.22. The first-order valence-electron chi connectivity index (χ1n) is 5.86. The fourth-order valence-electron chi connectivity index (χ4n) is 2.87. The van der Waals surface area contributed by atoms with Crippen LogP contribution in [-0.4, -0.2) is 41.0 Å². The smallest absolute Gasteiger partial charge is 0.296 e. The minimum Gasteiger partial charge on any atom is -0.296 e. The van der Waals surface area contributed by atoms with E-state index in [1.165, 1.54) is 13.2 Å². The molecule has 9 heteroatoms. The van der Waals surface area contributed by atoms with E-state index in [0.29, 0.717) is 5.01 Å². The fraction of sp³-hybridized carbons (Fsp3) is 0.545. The summed E-state index contributed by atoms with van der Waals surface area (Å²) in [6, 6.07) is -2.88. The van der Waals surface area contributed by atoms with Crippen LogP contribution in [0.1, 0.15) is 11.0 Å². The number of thiazole rings is 1. The summed E-state index contributed by atoms with van der Waals surface area (Å²) in [5.41, 5.74) is 0. The number of nitrogens with one attached hydrogen (secondary N) is 1. The van der Waals surface area contributed by atoms with Gasteiger partial charge in [0.15, 0.2) is 0 Å². The number of hydrogen-bond acceptors (Lipinski definition) is 5. The lowest BCUT2D eigenvalue weighted by Crippen LogP contribution is -2.46. The second-order valence-corrected chi connectivity index (χ2v) is 5.75. The van der Waals surface area contributed by atoms with Crippen LogP contribution in [0, 0.1) is 11.8 Å². The summed E-state index contributed by atoms with van der Waals surface area (Å²) in [6.45, 7) is 0. The van der Waals surface area contributed by atoms with Crippen LogP contribution < -0.4 is 5.32 Å². The van der Waals surface area contributed by atoms with Crippen LogP contribution >= 0.6 is 11.3 Å². The lowest BCUT2D eigenvalue weighted by molar-refractivity contribution is -0.168. The van der Waals surface area contributed by atoms with Gasteiger partial charge in [0, 0.05) is 18.6 Å². The molecule has 2 amide bonds. The average Bonchev–Trinajstić information content (AvgIpc) is 3.04. The average molecular weight is 305 g/mol. The monoisotopic (exact) mass is 305 g/mol. The Morgan fingerprint density at radius 2 is 1.95 bits per heavy atom. The van der Waals surface area contributed by atoms with Crippen molar-refractivity contribution < 1.29 is 22.8 Å². The van der Waals surface area contributed by atoms with Gasteiger partial charge in [0.25, 0.3) is 0 Å². The standard InChI is InChI=1S/C11H10F3N3O2S/c1-17-9(18)4-5(10(17)19)7(11(12,13)14)16-6(4)8-15-2-3-20-8/h2-7,16H,1H3/t4-,5+,6+,7-/m1/s1. The lowest BCUT2D eigenvalue weighted by atomic mass is 9.89. The molecule has 0 aromatic carbocycles. The van der Waals surface area contributed by atoms with Crippen LogP contribution in [0.3, 0.4) is 0 Å². The number of rotatable bonds is 1. The Morgan fingerprint density at radius 3 is 2.50 bits per heavy atom. The molecule has 3 rings (SSSR count). The van der Waals surface area contributed by atoms with E-state index in [4.69, 9.17) is 0 Å². The van der Waals surface area contributed by atoms with E-state index >= 15 is 0 Å². The van der Waals surface area contributed by atoms with Crippen molar-refractivity contribution in [2.45, 2.75) is 18.3 Å². The number of hydrogen-bond donors (Lipinski definition) is 1. The Bertz CT molecular complexity index is 560. The first-order valence-corrected chi connectivity index (χ1v) is 6.74. The molecule has 2 saturated heterocycles. The number of carbonyl (C=O) groups is 2. The van der Waals surface area contributed by atoms with Crippen molar-refractivity contribution in [2.75, 3.05) is 7.05 Å². The van der Waals surface area contributed by atoms with Crippen molar-refractivity contribution >= 4 is 23.2 Å². The van der Waals surface area contributed by atoms with Crippen molar-refractivity contribution in [1.29, 1.82) is 0 Å². The molecular formula is C11H10F3N3O2S. The maximum Gasteiger partial charge on any atom is 0.404 e. The van der Waals surface area contributed by atoms with Gasteiger partial charge in [-0.3, -0.25) is 19.8 Å². The molecule has 108 valence electrons. The minimum atomic E-state index is -4.59. The molecule has 5 nitrogen and oxygen atoms in total. The van der Waals surface area contributed by atoms with Crippen molar-refractivity contribution in [1.82, 2.24) is 15.2 Å². The molecule has 0 bridgehead atoms. The number of imide groups is 1. The maximum absolute atomic E-state index is 13.1. The van der Waals surface area contributed by atoms with Gasteiger partial charge >= 0.3 is 6.18 Å². The quantitative estimate of drug-likeness (QED) is 0.785. The first kappa shape index (κ1) is 13.5. The SMILES string of the molecule is CN1C(=O)[C@@H]2[C@H](C1=O)[C@H](C(F)(F)F)N[C@@H]2c1nccs1. The van der Waals surface area contributed by atoms with Crippen molar-refractivity contribution in [3.05, 3.63) is 16.6 Å². The predicted octanol–water partition coefficient (Wildman–Crippen LogP) is 0.949. The molecule has 2 fully saturated rings. The number of amides is 2. The molecule has 2 aliphatic rings. The van der Waals surface area contributed by atoms with E-state index in [-0.39, 0.29) is 0 Å². The van der Waals surface area contributed by atoms with Gasteiger partial charge < -0.3 is 0 Å². The molecule has 4 atom stereocenters.